The molecule has 0 radical (unpaired) electrons. The lowest BCUT2D eigenvalue weighted by molar-refractivity contribution is -0.133. The molecule has 0 aromatic heterocycles. The second-order valence-corrected chi connectivity index (χ2v) is 5.30. The molecule has 4 heteroatoms. The van der Waals surface area contributed by atoms with Crippen LogP contribution in [0.25, 0.3) is 0 Å². The van der Waals surface area contributed by atoms with E-state index in [4.69, 9.17) is 0 Å². The molecule has 1 fully saturated rings. The van der Waals surface area contributed by atoms with Crippen LogP contribution in [0.5, 0.6) is 0 Å². The van der Waals surface area contributed by atoms with Crippen LogP contribution in [0.2, 0.25) is 0 Å². The number of nitrogens with zero attached hydrogens (tertiary/aromatic N) is 2. The van der Waals surface area contributed by atoms with E-state index in [1.54, 1.807) is 0 Å². The number of hydrogen-bond acceptors (Lipinski definition) is 3. The summed E-state index contributed by atoms with van der Waals surface area (Å²) in [7, 11) is 0. The van der Waals surface area contributed by atoms with Gasteiger partial charge in [-0.15, -0.1) is 0 Å². The van der Waals surface area contributed by atoms with E-state index in [1.807, 2.05) is 4.90 Å². The zero-order chi connectivity index (χ0) is 14.1. The van der Waals surface area contributed by atoms with Gasteiger partial charge in [0, 0.05) is 13.1 Å². The first-order chi connectivity index (χ1) is 9.22. The van der Waals surface area contributed by atoms with Gasteiger partial charge in [0.1, 0.15) is 0 Å². The van der Waals surface area contributed by atoms with Crippen molar-refractivity contribution in [2.24, 2.45) is 0 Å². The third kappa shape index (κ3) is 5.49. The van der Waals surface area contributed by atoms with E-state index in [9.17, 15) is 4.79 Å². The lowest BCUT2D eigenvalue weighted by Crippen LogP contribution is -2.49. The minimum Gasteiger partial charge on any atom is -0.342 e. The van der Waals surface area contributed by atoms with Crippen molar-refractivity contribution in [2.75, 3.05) is 39.3 Å². The summed E-state index contributed by atoms with van der Waals surface area (Å²) in [5, 5.41) is 3.35. The van der Waals surface area contributed by atoms with Gasteiger partial charge in [0.05, 0.1) is 6.04 Å². The second kappa shape index (κ2) is 9.32. The normalized spacial score (nSPS) is 19.7. The minimum atomic E-state index is 0.0714. The summed E-state index contributed by atoms with van der Waals surface area (Å²) in [6.07, 6.45) is 4.47. The predicted octanol–water partition coefficient (Wildman–Crippen LogP) is 1.71. The lowest BCUT2D eigenvalue weighted by atomic mass is 10.0. The number of carbonyl (C=O) groups excluding carboxylic acids is 1. The molecule has 1 amide bonds. The first-order valence-electron chi connectivity index (χ1n) is 7.97. The number of carbonyl (C=O) groups is 1. The molecular formula is C15H31N3O. The summed E-state index contributed by atoms with van der Waals surface area (Å²) in [4.78, 5) is 16.8. The van der Waals surface area contributed by atoms with Crippen LogP contribution in [-0.4, -0.2) is 61.0 Å². The van der Waals surface area contributed by atoms with Gasteiger partial charge in [0.2, 0.25) is 5.91 Å². The molecule has 1 unspecified atom stereocenters. The number of likely N-dealkylation sites (N-methyl/N-ethyl adjacent to an activating group) is 1. The fourth-order valence-corrected chi connectivity index (χ4v) is 2.73. The van der Waals surface area contributed by atoms with Crippen LogP contribution in [0, 0.1) is 0 Å². The molecule has 1 aliphatic rings. The number of piperidine rings is 1. The van der Waals surface area contributed by atoms with Crippen LogP contribution in [0.15, 0.2) is 0 Å². The van der Waals surface area contributed by atoms with Gasteiger partial charge < -0.3 is 15.1 Å². The van der Waals surface area contributed by atoms with E-state index in [2.05, 4.69) is 31.0 Å². The van der Waals surface area contributed by atoms with Gasteiger partial charge in [-0.1, -0.05) is 20.3 Å². The Hall–Kier alpha value is -0.610. The van der Waals surface area contributed by atoms with Gasteiger partial charge >= 0.3 is 0 Å². The molecule has 1 heterocycles. The van der Waals surface area contributed by atoms with Crippen molar-refractivity contribution < 1.29 is 4.79 Å². The maximum Gasteiger partial charge on any atom is 0.239 e. The van der Waals surface area contributed by atoms with Crippen molar-refractivity contribution in [1.29, 1.82) is 0 Å². The van der Waals surface area contributed by atoms with E-state index >= 15 is 0 Å². The first kappa shape index (κ1) is 16.4. The van der Waals surface area contributed by atoms with E-state index in [-0.39, 0.29) is 6.04 Å². The van der Waals surface area contributed by atoms with Crippen LogP contribution in [0.4, 0.5) is 0 Å². The van der Waals surface area contributed by atoms with E-state index in [1.165, 1.54) is 12.8 Å². The number of amides is 1. The highest BCUT2D eigenvalue weighted by Crippen LogP contribution is 2.10. The zero-order valence-electron chi connectivity index (χ0n) is 13.0. The minimum absolute atomic E-state index is 0.0714. The standard InChI is InChI=1S/C15H31N3O/c1-4-17(5-2)12-9-13-18(6-3)15(19)14-10-7-8-11-16-14/h14,16H,4-13H2,1-3H3. The van der Waals surface area contributed by atoms with Crippen molar-refractivity contribution in [3.8, 4) is 0 Å². The quantitative estimate of drug-likeness (QED) is 0.728. The summed E-state index contributed by atoms with van der Waals surface area (Å²) in [6, 6.07) is 0.0714. The maximum absolute atomic E-state index is 12.4. The molecule has 0 aromatic rings. The van der Waals surface area contributed by atoms with E-state index in [0.717, 1.165) is 52.1 Å². The van der Waals surface area contributed by atoms with E-state index < -0.39 is 0 Å². The number of hydrogen-bond donors (Lipinski definition) is 1. The van der Waals surface area contributed by atoms with Gasteiger partial charge in [0.25, 0.3) is 0 Å². The molecule has 1 N–H and O–H groups in total. The lowest BCUT2D eigenvalue weighted by Gasteiger charge is -2.30. The van der Waals surface area contributed by atoms with Crippen LogP contribution in [0.1, 0.15) is 46.5 Å². The Morgan fingerprint density at radius 1 is 1.11 bits per heavy atom. The molecule has 4 nitrogen and oxygen atoms in total. The smallest absolute Gasteiger partial charge is 0.239 e. The summed E-state index contributed by atoms with van der Waals surface area (Å²) in [5.41, 5.74) is 0. The topological polar surface area (TPSA) is 35.6 Å². The van der Waals surface area contributed by atoms with Gasteiger partial charge in [-0.3, -0.25) is 4.79 Å². The largest absolute Gasteiger partial charge is 0.342 e. The van der Waals surface area contributed by atoms with Gasteiger partial charge in [-0.05, 0) is 52.4 Å². The first-order valence-corrected chi connectivity index (χ1v) is 7.97. The zero-order valence-corrected chi connectivity index (χ0v) is 13.0. The van der Waals surface area contributed by atoms with Gasteiger partial charge in [-0.25, -0.2) is 0 Å². The molecule has 0 saturated carbocycles. The highest BCUT2D eigenvalue weighted by Gasteiger charge is 2.24. The second-order valence-electron chi connectivity index (χ2n) is 5.30. The highest BCUT2D eigenvalue weighted by molar-refractivity contribution is 5.81. The number of rotatable bonds is 8. The molecule has 0 bridgehead atoms. The Labute approximate surface area is 118 Å². The van der Waals surface area contributed by atoms with Crippen molar-refractivity contribution in [2.45, 2.75) is 52.5 Å². The summed E-state index contributed by atoms with van der Waals surface area (Å²) < 4.78 is 0. The predicted molar refractivity (Wildman–Crippen MR) is 80.3 cm³/mol. The monoisotopic (exact) mass is 269 g/mol. The molecule has 1 saturated heterocycles. The molecule has 1 atom stereocenters. The number of nitrogens with one attached hydrogen (secondary N) is 1. The molecule has 112 valence electrons. The Bertz CT molecular complexity index is 248. The molecule has 1 rings (SSSR count). The van der Waals surface area contributed by atoms with Crippen LogP contribution >= 0.6 is 0 Å². The Balaban J connectivity index is 2.33. The fourth-order valence-electron chi connectivity index (χ4n) is 2.73. The molecule has 0 aromatic carbocycles. The highest BCUT2D eigenvalue weighted by atomic mass is 16.2. The van der Waals surface area contributed by atoms with Crippen LogP contribution < -0.4 is 5.32 Å². The van der Waals surface area contributed by atoms with Crippen LogP contribution in [0.3, 0.4) is 0 Å². The molecule has 0 spiro atoms. The Morgan fingerprint density at radius 2 is 1.84 bits per heavy atom. The van der Waals surface area contributed by atoms with Gasteiger partial charge in [-0.2, -0.15) is 0 Å². The summed E-state index contributed by atoms with van der Waals surface area (Å²) in [5.74, 6) is 0.307. The molecule has 19 heavy (non-hydrogen) atoms. The Morgan fingerprint density at radius 3 is 2.37 bits per heavy atom. The average molecular weight is 269 g/mol. The van der Waals surface area contributed by atoms with Crippen molar-refractivity contribution >= 4 is 5.91 Å². The van der Waals surface area contributed by atoms with Crippen molar-refractivity contribution in [3.05, 3.63) is 0 Å². The molecule has 0 aliphatic carbocycles. The molecular weight excluding hydrogens is 238 g/mol. The summed E-state index contributed by atoms with van der Waals surface area (Å²) in [6.45, 7) is 12.5. The average Bonchev–Trinajstić information content (AvgIpc) is 2.48. The third-order valence-electron chi connectivity index (χ3n) is 4.10. The molecule has 1 aliphatic heterocycles. The SMILES string of the molecule is CCN(CC)CCCN(CC)C(=O)C1CCCCN1. The van der Waals surface area contributed by atoms with Crippen LogP contribution in [-0.2, 0) is 4.79 Å². The fraction of sp³-hybridized carbons (Fsp3) is 0.933. The third-order valence-corrected chi connectivity index (χ3v) is 4.10. The van der Waals surface area contributed by atoms with Crippen molar-refractivity contribution in [1.82, 2.24) is 15.1 Å². The van der Waals surface area contributed by atoms with Crippen molar-refractivity contribution in [3.63, 3.8) is 0 Å². The Kier molecular flexibility index (Phi) is 8.07. The summed E-state index contributed by atoms with van der Waals surface area (Å²) >= 11 is 0. The maximum atomic E-state index is 12.4. The van der Waals surface area contributed by atoms with Gasteiger partial charge in [0.15, 0.2) is 0 Å². The van der Waals surface area contributed by atoms with E-state index in [0.29, 0.717) is 5.91 Å².